The van der Waals surface area contributed by atoms with Gasteiger partial charge in [0.05, 0.1) is 29.0 Å². The number of carbonyl (C=O) groups excluding carboxylic acids is 3. The summed E-state index contributed by atoms with van der Waals surface area (Å²) in [6, 6.07) is 17.1. The first kappa shape index (κ1) is 35.1. The topological polar surface area (TPSA) is 126 Å². The van der Waals surface area contributed by atoms with Gasteiger partial charge in [0.2, 0.25) is 5.91 Å². The number of rotatable bonds is 10. The Bertz CT molecular complexity index is 1870. The van der Waals surface area contributed by atoms with Gasteiger partial charge in [-0.1, -0.05) is 36.4 Å². The minimum atomic E-state index is -0.634. The predicted octanol–water partition coefficient (Wildman–Crippen LogP) is 6.48. The first-order valence-corrected chi connectivity index (χ1v) is 17.8. The van der Waals surface area contributed by atoms with E-state index in [1.807, 2.05) is 62.1 Å². The lowest BCUT2D eigenvalue weighted by Crippen LogP contribution is -2.57. The highest BCUT2D eigenvalue weighted by Crippen LogP contribution is 2.33. The molecule has 1 unspecified atom stereocenters. The molecule has 0 bridgehead atoms. The van der Waals surface area contributed by atoms with Crippen LogP contribution in [0.5, 0.6) is 0 Å². The number of esters is 1. The Morgan fingerprint density at radius 1 is 0.960 bits per heavy atom. The van der Waals surface area contributed by atoms with E-state index in [1.54, 1.807) is 17.9 Å². The van der Waals surface area contributed by atoms with Crippen molar-refractivity contribution in [3.8, 4) is 0 Å². The zero-order valence-corrected chi connectivity index (χ0v) is 29.6. The van der Waals surface area contributed by atoms with E-state index in [1.165, 1.54) is 17.7 Å². The number of hydrogen-bond donors (Lipinski definition) is 2. The second-order valence-electron chi connectivity index (χ2n) is 14.1. The fraction of sp³-hybridized carbons (Fsp3) is 0.462. The molecule has 1 aliphatic heterocycles. The summed E-state index contributed by atoms with van der Waals surface area (Å²) in [5.74, 6) is -0.321. The zero-order chi connectivity index (χ0) is 35.3. The van der Waals surface area contributed by atoms with E-state index in [-0.39, 0.29) is 25.0 Å². The van der Waals surface area contributed by atoms with Crippen LogP contribution in [0.15, 0.2) is 54.6 Å². The molecule has 2 N–H and O–H groups in total. The summed E-state index contributed by atoms with van der Waals surface area (Å²) in [5.41, 5.74) is 5.94. The van der Waals surface area contributed by atoms with Gasteiger partial charge in [0.1, 0.15) is 11.6 Å². The molecular formula is C39H48N6O5. The molecule has 2 aliphatic rings. The Morgan fingerprint density at radius 3 is 2.60 bits per heavy atom. The van der Waals surface area contributed by atoms with E-state index in [2.05, 4.69) is 22.8 Å². The summed E-state index contributed by atoms with van der Waals surface area (Å²) in [4.78, 5) is 52.8. The average Bonchev–Trinajstić information content (AvgIpc) is 3.09. The lowest BCUT2D eigenvalue weighted by Gasteiger charge is -2.40. The highest BCUT2D eigenvalue weighted by atomic mass is 16.6. The number of benzene rings is 2. The van der Waals surface area contributed by atoms with Crippen molar-refractivity contribution in [2.75, 3.05) is 43.4 Å². The van der Waals surface area contributed by atoms with E-state index in [4.69, 9.17) is 19.4 Å². The minimum Gasteiger partial charge on any atom is -0.465 e. The Labute approximate surface area is 293 Å². The number of aryl methyl sites for hydroxylation is 1. The molecule has 264 valence electrons. The Hall–Kier alpha value is -4.77. The summed E-state index contributed by atoms with van der Waals surface area (Å²) in [6.45, 7) is 9.80. The molecule has 50 heavy (non-hydrogen) atoms. The standard InChI is InChI=1S/C39H48N6O5/c1-5-49-37(47)33-25-45(34(46)18-11-21-40-36-28-13-6-8-15-30(28)42-31-16-9-7-14-29(31)36)23-22-44(33)24-27-20-19-26-12-10-17-32(35(26)41-27)43-38(48)50-39(2,3)4/h6,8,10,12-13,15,17,19-20,33H,5,7,9,11,14,16,18,21-25H2,1-4H3,(H,40,42)(H,43,48). The van der Waals surface area contributed by atoms with Crippen LogP contribution in [0.3, 0.4) is 0 Å². The molecule has 2 amide bonds. The third-order valence-corrected chi connectivity index (χ3v) is 9.22. The van der Waals surface area contributed by atoms with Crippen LogP contribution in [0.25, 0.3) is 21.8 Å². The number of nitrogens with zero attached hydrogens (tertiary/aromatic N) is 4. The number of amides is 2. The van der Waals surface area contributed by atoms with Crippen molar-refractivity contribution in [2.45, 2.75) is 84.4 Å². The third-order valence-electron chi connectivity index (χ3n) is 9.22. The van der Waals surface area contributed by atoms with Crippen LogP contribution >= 0.6 is 0 Å². The SMILES string of the molecule is CCOC(=O)C1CN(C(=O)CCCNc2c3c(nc4ccccc24)CCCC3)CCN1Cc1ccc2cccc(NC(=O)OC(C)(C)C)c2n1. The number of fused-ring (bicyclic) bond motifs is 3. The van der Waals surface area contributed by atoms with Crippen LogP contribution < -0.4 is 10.6 Å². The Morgan fingerprint density at radius 2 is 1.78 bits per heavy atom. The first-order valence-electron chi connectivity index (χ1n) is 17.8. The van der Waals surface area contributed by atoms with E-state index >= 15 is 0 Å². The maximum Gasteiger partial charge on any atom is 0.412 e. The molecule has 2 aromatic heterocycles. The zero-order valence-electron chi connectivity index (χ0n) is 29.6. The predicted molar refractivity (Wildman–Crippen MR) is 195 cm³/mol. The monoisotopic (exact) mass is 680 g/mol. The maximum atomic E-state index is 13.5. The lowest BCUT2D eigenvalue weighted by molar-refractivity contribution is -0.154. The number of ether oxygens (including phenoxy) is 2. The van der Waals surface area contributed by atoms with Gasteiger partial charge in [-0.25, -0.2) is 9.78 Å². The van der Waals surface area contributed by atoms with Gasteiger partial charge in [-0.05, 0) is 83.6 Å². The number of piperazine rings is 1. The van der Waals surface area contributed by atoms with Gasteiger partial charge in [-0.15, -0.1) is 0 Å². The van der Waals surface area contributed by atoms with Crippen LogP contribution in [-0.4, -0.2) is 82.2 Å². The van der Waals surface area contributed by atoms with Crippen LogP contribution in [0.2, 0.25) is 0 Å². The number of aromatic nitrogens is 2. The molecule has 2 aromatic carbocycles. The van der Waals surface area contributed by atoms with Crippen LogP contribution in [0, 0.1) is 0 Å². The summed E-state index contributed by atoms with van der Waals surface area (Å²) in [7, 11) is 0. The van der Waals surface area contributed by atoms with Crippen LogP contribution in [0.4, 0.5) is 16.2 Å². The summed E-state index contributed by atoms with van der Waals surface area (Å²) in [6.07, 6.45) is 4.86. The fourth-order valence-electron chi connectivity index (χ4n) is 6.88. The molecule has 1 saturated heterocycles. The van der Waals surface area contributed by atoms with Crippen molar-refractivity contribution >= 4 is 51.2 Å². The molecule has 11 nitrogen and oxygen atoms in total. The van der Waals surface area contributed by atoms with Gasteiger partial charge in [-0.3, -0.25) is 24.8 Å². The maximum absolute atomic E-state index is 13.5. The summed E-state index contributed by atoms with van der Waals surface area (Å²) >= 11 is 0. The number of pyridine rings is 2. The highest BCUT2D eigenvalue weighted by molar-refractivity contribution is 5.98. The van der Waals surface area contributed by atoms with Gasteiger partial charge in [0.15, 0.2) is 0 Å². The molecule has 3 heterocycles. The van der Waals surface area contributed by atoms with Gasteiger partial charge >= 0.3 is 12.1 Å². The fourth-order valence-corrected chi connectivity index (χ4v) is 6.88. The van der Waals surface area contributed by atoms with Gasteiger partial charge in [0.25, 0.3) is 0 Å². The quantitative estimate of drug-likeness (QED) is 0.143. The number of para-hydroxylation sites is 2. The first-order chi connectivity index (χ1) is 24.1. The molecule has 11 heteroatoms. The van der Waals surface area contributed by atoms with Gasteiger partial charge in [-0.2, -0.15) is 0 Å². The molecule has 0 saturated carbocycles. The molecule has 0 radical (unpaired) electrons. The van der Waals surface area contributed by atoms with Crippen molar-refractivity contribution in [1.29, 1.82) is 0 Å². The van der Waals surface area contributed by atoms with Gasteiger partial charge < -0.3 is 19.7 Å². The number of anilines is 2. The second-order valence-corrected chi connectivity index (χ2v) is 14.1. The van der Waals surface area contributed by atoms with Gasteiger partial charge in [0, 0.05) is 61.3 Å². The number of nitrogens with one attached hydrogen (secondary N) is 2. The lowest BCUT2D eigenvalue weighted by atomic mass is 9.92. The molecule has 1 fully saturated rings. The molecule has 0 spiro atoms. The third kappa shape index (κ3) is 8.33. The Kier molecular flexibility index (Phi) is 10.8. The van der Waals surface area contributed by atoms with Crippen molar-refractivity contribution in [3.63, 3.8) is 0 Å². The minimum absolute atomic E-state index is 0.0315. The second kappa shape index (κ2) is 15.4. The smallest absolute Gasteiger partial charge is 0.412 e. The molecule has 1 atom stereocenters. The summed E-state index contributed by atoms with van der Waals surface area (Å²) < 4.78 is 10.9. The Balaban J connectivity index is 1.09. The highest BCUT2D eigenvalue weighted by Gasteiger charge is 2.35. The average molecular weight is 681 g/mol. The number of carbonyl (C=O) groups is 3. The largest absolute Gasteiger partial charge is 0.465 e. The van der Waals surface area contributed by atoms with E-state index in [9.17, 15) is 14.4 Å². The van der Waals surface area contributed by atoms with Crippen LogP contribution in [0.1, 0.15) is 70.3 Å². The molecular weight excluding hydrogens is 632 g/mol. The van der Waals surface area contributed by atoms with E-state index < -0.39 is 17.7 Å². The summed E-state index contributed by atoms with van der Waals surface area (Å²) in [5, 5.41) is 8.48. The number of hydrogen-bond acceptors (Lipinski definition) is 9. The van der Waals surface area contributed by atoms with E-state index in [0.717, 1.165) is 46.9 Å². The van der Waals surface area contributed by atoms with Crippen molar-refractivity contribution in [1.82, 2.24) is 19.8 Å². The van der Waals surface area contributed by atoms with Crippen molar-refractivity contribution in [3.05, 3.63) is 71.5 Å². The van der Waals surface area contributed by atoms with Crippen molar-refractivity contribution < 1.29 is 23.9 Å². The molecule has 1 aliphatic carbocycles. The molecule has 4 aromatic rings. The van der Waals surface area contributed by atoms with Crippen LogP contribution in [-0.2, 0) is 38.4 Å². The normalized spacial score (nSPS) is 16.6. The molecule has 6 rings (SSSR count). The van der Waals surface area contributed by atoms with Crippen molar-refractivity contribution in [2.24, 2.45) is 0 Å². The van der Waals surface area contributed by atoms with E-state index in [0.29, 0.717) is 50.2 Å².